The molecule has 0 fully saturated rings. The fourth-order valence-electron chi connectivity index (χ4n) is 1.71. The van der Waals surface area contributed by atoms with Gasteiger partial charge in [0.15, 0.2) is 5.03 Å². The number of rotatable bonds is 3. The maximum Gasteiger partial charge on any atom is 0.260 e. The van der Waals surface area contributed by atoms with Gasteiger partial charge in [-0.15, -0.1) is 0 Å². The normalized spacial score (nSPS) is 18.6. The second-order valence-corrected chi connectivity index (χ2v) is 4.80. The molecule has 1 aromatic heterocycles. The number of hydrogen-bond donors (Lipinski definition) is 1. The van der Waals surface area contributed by atoms with E-state index in [4.69, 9.17) is 27.9 Å². The second-order valence-electron chi connectivity index (χ2n) is 4.03. The first kappa shape index (κ1) is 14.8. The number of ether oxygens (including phenoxy) is 1. The van der Waals surface area contributed by atoms with Gasteiger partial charge in [-0.05, 0) is 11.6 Å². The van der Waals surface area contributed by atoms with Crippen molar-refractivity contribution in [2.75, 3.05) is 13.8 Å². The summed E-state index contributed by atoms with van der Waals surface area (Å²) in [5, 5.41) is 10.4. The number of aromatic nitrogens is 1. The largest absolute Gasteiger partial charge is 0.336 e. The molecule has 1 aromatic rings. The van der Waals surface area contributed by atoms with Crippen LogP contribution in [0.15, 0.2) is 17.3 Å². The van der Waals surface area contributed by atoms with Gasteiger partial charge < -0.3 is 9.64 Å². The average molecular weight is 320 g/mol. The molecule has 0 aromatic carbocycles. The van der Waals surface area contributed by atoms with E-state index >= 15 is 0 Å². The summed E-state index contributed by atoms with van der Waals surface area (Å²) in [4.78, 5) is 19.8. The highest BCUT2D eigenvalue weighted by molar-refractivity contribution is 6.41. The van der Waals surface area contributed by atoms with Crippen LogP contribution in [0.5, 0.6) is 0 Å². The Balaban J connectivity index is 2.08. The lowest BCUT2D eigenvalue weighted by atomic mass is 10.2. The molecule has 0 bridgehead atoms. The van der Waals surface area contributed by atoms with Crippen molar-refractivity contribution in [3.8, 4) is 0 Å². The molecule has 1 N–H and O–H groups in total. The van der Waals surface area contributed by atoms with Crippen molar-refractivity contribution in [2.24, 2.45) is 4.99 Å². The van der Waals surface area contributed by atoms with Gasteiger partial charge in [0.25, 0.3) is 5.96 Å². The minimum atomic E-state index is -0.668. The Bertz CT molecular complexity index is 554. The predicted molar refractivity (Wildman–Crippen MR) is 73.0 cm³/mol. The third-order valence-corrected chi connectivity index (χ3v) is 3.39. The van der Waals surface area contributed by atoms with E-state index in [2.05, 4.69) is 9.98 Å². The molecule has 108 valence electrons. The van der Waals surface area contributed by atoms with Gasteiger partial charge >= 0.3 is 0 Å². The molecule has 0 aliphatic carbocycles. The second kappa shape index (κ2) is 6.21. The average Bonchev–Trinajstić information content (AvgIpc) is 2.38. The van der Waals surface area contributed by atoms with E-state index in [1.807, 2.05) is 5.43 Å². The molecule has 20 heavy (non-hydrogen) atoms. The first-order valence-electron chi connectivity index (χ1n) is 5.57. The Morgan fingerprint density at radius 3 is 3.05 bits per heavy atom. The molecular weight excluding hydrogens is 309 g/mol. The van der Waals surface area contributed by atoms with Crippen molar-refractivity contribution >= 4 is 29.2 Å². The maximum absolute atomic E-state index is 10.5. The van der Waals surface area contributed by atoms with Crippen LogP contribution in [-0.2, 0) is 11.2 Å². The van der Waals surface area contributed by atoms with Crippen molar-refractivity contribution in [2.45, 2.75) is 12.6 Å². The highest BCUT2D eigenvalue weighted by atomic mass is 35.5. The molecule has 0 radical (unpaired) electrons. The number of nitrogens with one attached hydrogen (secondary N) is 1. The summed E-state index contributed by atoms with van der Waals surface area (Å²) in [7, 11) is 1.64. The quantitative estimate of drug-likeness (QED) is 0.513. The highest BCUT2D eigenvalue weighted by Crippen LogP contribution is 2.21. The van der Waals surface area contributed by atoms with Gasteiger partial charge in [-0.1, -0.05) is 28.6 Å². The van der Waals surface area contributed by atoms with Crippen LogP contribution < -0.4 is 5.43 Å². The monoisotopic (exact) mass is 319 g/mol. The van der Waals surface area contributed by atoms with Crippen LogP contribution in [0.2, 0.25) is 10.2 Å². The van der Waals surface area contributed by atoms with Crippen LogP contribution in [0.25, 0.3) is 0 Å². The van der Waals surface area contributed by atoms with Crippen LogP contribution >= 0.6 is 23.2 Å². The van der Waals surface area contributed by atoms with E-state index in [0.29, 0.717) is 11.4 Å². The molecule has 10 heteroatoms. The van der Waals surface area contributed by atoms with E-state index in [1.165, 1.54) is 4.90 Å². The minimum absolute atomic E-state index is 0.0416. The van der Waals surface area contributed by atoms with Gasteiger partial charge in [0.05, 0.1) is 5.02 Å². The Morgan fingerprint density at radius 1 is 1.65 bits per heavy atom. The zero-order chi connectivity index (χ0) is 14.7. The maximum atomic E-state index is 10.5. The Hall–Kier alpha value is -1.64. The molecule has 0 saturated carbocycles. The van der Waals surface area contributed by atoms with Crippen molar-refractivity contribution in [1.29, 1.82) is 0 Å². The SMILES string of the molecule is CN1C(N[N+](=O)[O-])=NCOC1Cc1cnc(Cl)c(Cl)c1. The summed E-state index contributed by atoms with van der Waals surface area (Å²) in [6.45, 7) is 0.0416. The Labute approximate surface area is 124 Å². The third-order valence-electron chi connectivity index (χ3n) is 2.70. The molecular formula is C10H11Cl2N5O3. The number of aliphatic imine (C=N–C) groups is 1. The van der Waals surface area contributed by atoms with Crippen LogP contribution in [0.4, 0.5) is 0 Å². The van der Waals surface area contributed by atoms with Gasteiger partial charge in [0.2, 0.25) is 0 Å². The highest BCUT2D eigenvalue weighted by Gasteiger charge is 2.26. The van der Waals surface area contributed by atoms with E-state index in [0.717, 1.165) is 5.56 Å². The lowest BCUT2D eigenvalue weighted by Crippen LogP contribution is -2.51. The number of nitro groups is 1. The molecule has 0 amide bonds. The van der Waals surface area contributed by atoms with Crippen molar-refractivity contribution in [1.82, 2.24) is 15.3 Å². The molecule has 2 heterocycles. The fraction of sp³-hybridized carbons (Fsp3) is 0.400. The number of halogens is 2. The topological polar surface area (TPSA) is 92.9 Å². The van der Waals surface area contributed by atoms with Crippen LogP contribution in [0.3, 0.4) is 0 Å². The smallest absolute Gasteiger partial charge is 0.260 e. The summed E-state index contributed by atoms with van der Waals surface area (Å²) >= 11 is 11.6. The van der Waals surface area contributed by atoms with Gasteiger partial charge in [0.1, 0.15) is 18.1 Å². The summed E-state index contributed by atoms with van der Waals surface area (Å²) in [5.41, 5.74) is 2.83. The molecule has 0 spiro atoms. The first-order valence-corrected chi connectivity index (χ1v) is 6.33. The van der Waals surface area contributed by atoms with Crippen molar-refractivity contribution in [3.63, 3.8) is 0 Å². The first-order chi connectivity index (χ1) is 9.47. The number of hydrogen-bond acceptors (Lipinski definition) is 6. The molecule has 1 aliphatic heterocycles. The zero-order valence-electron chi connectivity index (χ0n) is 10.4. The van der Waals surface area contributed by atoms with Crippen LogP contribution in [-0.4, -0.2) is 40.9 Å². The molecule has 2 rings (SSSR count). The van der Waals surface area contributed by atoms with E-state index in [-0.39, 0.29) is 17.8 Å². The van der Waals surface area contributed by atoms with E-state index in [1.54, 1.807) is 19.3 Å². The van der Waals surface area contributed by atoms with Gasteiger partial charge in [0, 0.05) is 19.7 Å². The zero-order valence-corrected chi connectivity index (χ0v) is 11.9. The fourth-order valence-corrected chi connectivity index (χ4v) is 2.00. The summed E-state index contributed by atoms with van der Waals surface area (Å²) in [5.74, 6) is 0.138. The summed E-state index contributed by atoms with van der Waals surface area (Å²) in [6.07, 6.45) is 1.62. The number of likely N-dealkylation sites (N-methyl/N-ethyl adjacent to an activating group) is 1. The Kier molecular flexibility index (Phi) is 4.58. The number of guanidine groups is 1. The standard InChI is InChI=1S/C10H11Cl2N5O3/c1-16-8(20-5-14-10(16)15-17(18)19)3-6-2-7(11)9(12)13-4-6/h2,4,8H,3,5H2,1H3,(H,14,15). The van der Waals surface area contributed by atoms with Gasteiger partial charge in [-0.2, -0.15) is 0 Å². The van der Waals surface area contributed by atoms with Gasteiger partial charge in [-0.25, -0.2) is 20.1 Å². The van der Waals surface area contributed by atoms with Crippen molar-refractivity contribution < 1.29 is 9.77 Å². The molecule has 8 nitrogen and oxygen atoms in total. The van der Waals surface area contributed by atoms with Crippen molar-refractivity contribution in [3.05, 3.63) is 38.1 Å². The number of pyridine rings is 1. The van der Waals surface area contributed by atoms with E-state index in [9.17, 15) is 10.1 Å². The molecule has 1 atom stereocenters. The Morgan fingerprint density at radius 2 is 2.40 bits per heavy atom. The summed E-state index contributed by atoms with van der Waals surface area (Å²) in [6, 6.07) is 1.68. The number of nitrogens with zero attached hydrogens (tertiary/aromatic N) is 4. The van der Waals surface area contributed by atoms with E-state index < -0.39 is 11.3 Å². The molecule has 0 saturated heterocycles. The molecule has 1 aliphatic rings. The lowest BCUT2D eigenvalue weighted by molar-refractivity contribution is -0.527. The minimum Gasteiger partial charge on any atom is -0.336 e. The van der Waals surface area contributed by atoms with Gasteiger partial charge in [-0.3, -0.25) is 0 Å². The van der Waals surface area contributed by atoms with Crippen LogP contribution in [0.1, 0.15) is 5.56 Å². The summed E-state index contributed by atoms with van der Waals surface area (Å²) < 4.78 is 5.45. The third kappa shape index (κ3) is 3.47. The predicted octanol–water partition coefficient (Wildman–Crippen LogP) is 1.31. The lowest BCUT2D eigenvalue weighted by Gasteiger charge is -2.31. The van der Waals surface area contributed by atoms with Crippen LogP contribution in [0, 0.1) is 10.1 Å². The number of hydrazine groups is 1. The molecule has 1 unspecified atom stereocenters.